The number of nitriles is 1. The molecule has 2 N–H and O–H groups in total. The zero-order valence-corrected chi connectivity index (χ0v) is 9.19. The van der Waals surface area contributed by atoms with E-state index in [1.165, 1.54) is 6.20 Å². The fourth-order valence-electron chi connectivity index (χ4n) is 1.00. The largest absolute Gasteiger partial charge is 0.481 e. The molecule has 0 spiro atoms. The fraction of sp³-hybridized carbons (Fsp3) is 0.364. The average molecular weight is 219 g/mol. The van der Waals surface area contributed by atoms with Gasteiger partial charge >= 0.3 is 5.97 Å². The number of pyridine rings is 1. The molecule has 16 heavy (non-hydrogen) atoms. The Kier molecular flexibility index (Phi) is 3.46. The Bertz CT molecular complexity index is 435. The highest BCUT2D eigenvalue weighted by molar-refractivity contribution is 5.74. The molecule has 5 nitrogen and oxygen atoms in total. The van der Waals surface area contributed by atoms with Crippen LogP contribution < -0.4 is 5.32 Å². The highest BCUT2D eigenvalue weighted by atomic mass is 16.4. The fourth-order valence-corrected chi connectivity index (χ4v) is 1.00. The lowest BCUT2D eigenvalue weighted by molar-refractivity contribution is -0.146. The van der Waals surface area contributed by atoms with Crippen LogP contribution in [-0.4, -0.2) is 22.6 Å². The second kappa shape index (κ2) is 4.62. The molecule has 0 saturated heterocycles. The van der Waals surface area contributed by atoms with Gasteiger partial charge in [0.25, 0.3) is 0 Å². The average Bonchev–Trinajstić information content (AvgIpc) is 2.26. The summed E-state index contributed by atoms with van der Waals surface area (Å²) in [6.07, 6.45) is 1.51. The molecule has 1 aromatic rings. The number of anilines is 1. The van der Waals surface area contributed by atoms with Crippen molar-refractivity contribution in [3.05, 3.63) is 24.0 Å². The van der Waals surface area contributed by atoms with Crippen LogP contribution in [0.25, 0.3) is 0 Å². The number of nitrogens with zero attached hydrogens (tertiary/aromatic N) is 2. The lowest BCUT2D eigenvalue weighted by atomic mass is 9.94. The molecule has 0 aliphatic rings. The first-order valence-corrected chi connectivity index (χ1v) is 4.79. The van der Waals surface area contributed by atoms with Gasteiger partial charge in [-0.15, -0.1) is 0 Å². The van der Waals surface area contributed by atoms with Gasteiger partial charge < -0.3 is 10.4 Å². The molecule has 0 atom stereocenters. The first-order valence-electron chi connectivity index (χ1n) is 4.79. The minimum absolute atomic E-state index is 0.289. The van der Waals surface area contributed by atoms with Crippen molar-refractivity contribution < 1.29 is 9.90 Å². The minimum atomic E-state index is -0.866. The van der Waals surface area contributed by atoms with Crippen molar-refractivity contribution in [2.45, 2.75) is 13.8 Å². The maximum atomic E-state index is 10.9. The van der Waals surface area contributed by atoms with Gasteiger partial charge in [0.05, 0.1) is 5.41 Å². The number of hydrogen-bond donors (Lipinski definition) is 2. The van der Waals surface area contributed by atoms with E-state index < -0.39 is 11.4 Å². The molecule has 0 radical (unpaired) electrons. The summed E-state index contributed by atoms with van der Waals surface area (Å²) in [4.78, 5) is 14.7. The summed E-state index contributed by atoms with van der Waals surface area (Å²) in [5, 5.41) is 20.5. The van der Waals surface area contributed by atoms with Crippen LogP contribution in [0, 0.1) is 16.7 Å². The summed E-state index contributed by atoms with van der Waals surface area (Å²) in [6, 6.07) is 5.19. The summed E-state index contributed by atoms with van der Waals surface area (Å²) in [6.45, 7) is 3.56. The standard InChI is InChI=1S/C11H13N3O2/c1-11(2,10(15)16)7-14-8-3-4-13-9(5-8)6-12/h3-5H,7H2,1-2H3,(H,13,14)(H,15,16). The van der Waals surface area contributed by atoms with Crippen LogP contribution in [0.4, 0.5) is 5.69 Å². The van der Waals surface area contributed by atoms with Crippen molar-refractivity contribution in [1.82, 2.24) is 4.98 Å². The molecular formula is C11H13N3O2. The van der Waals surface area contributed by atoms with Gasteiger partial charge in [0, 0.05) is 18.4 Å². The maximum Gasteiger partial charge on any atom is 0.310 e. The number of carbonyl (C=O) groups is 1. The molecule has 0 fully saturated rings. The Balaban J connectivity index is 2.69. The highest BCUT2D eigenvalue weighted by Gasteiger charge is 2.26. The van der Waals surface area contributed by atoms with Gasteiger partial charge in [-0.05, 0) is 26.0 Å². The van der Waals surface area contributed by atoms with Crippen LogP contribution >= 0.6 is 0 Å². The van der Waals surface area contributed by atoms with E-state index in [2.05, 4.69) is 10.3 Å². The van der Waals surface area contributed by atoms with Gasteiger partial charge in [-0.2, -0.15) is 5.26 Å². The molecule has 0 aromatic carbocycles. The lowest BCUT2D eigenvalue weighted by Crippen LogP contribution is -2.31. The third-order valence-corrected chi connectivity index (χ3v) is 2.19. The number of carboxylic acids is 1. The van der Waals surface area contributed by atoms with Gasteiger partial charge in [-0.3, -0.25) is 4.79 Å². The third-order valence-electron chi connectivity index (χ3n) is 2.19. The van der Waals surface area contributed by atoms with E-state index >= 15 is 0 Å². The molecule has 0 amide bonds. The van der Waals surface area contributed by atoms with Gasteiger partial charge in [-0.1, -0.05) is 0 Å². The zero-order valence-electron chi connectivity index (χ0n) is 9.19. The number of hydrogen-bond acceptors (Lipinski definition) is 4. The van der Waals surface area contributed by atoms with Crippen molar-refractivity contribution in [3.63, 3.8) is 0 Å². The zero-order chi connectivity index (χ0) is 12.2. The Morgan fingerprint density at radius 3 is 2.94 bits per heavy atom. The minimum Gasteiger partial charge on any atom is -0.481 e. The number of rotatable bonds is 4. The topological polar surface area (TPSA) is 86.0 Å². The second-order valence-corrected chi connectivity index (χ2v) is 4.08. The predicted octanol–water partition coefficient (Wildman–Crippen LogP) is 1.48. The van der Waals surface area contributed by atoms with E-state index in [0.29, 0.717) is 11.4 Å². The molecule has 1 rings (SSSR count). The first-order chi connectivity index (χ1) is 7.45. The lowest BCUT2D eigenvalue weighted by Gasteiger charge is -2.20. The molecule has 5 heteroatoms. The van der Waals surface area contributed by atoms with Crippen molar-refractivity contribution >= 4 is 11.7 Å². The van der Waals surface area contributed by atoms with Crippen LogP contribution in [0.3, 0.4) is 0 Å². The van der Waals surface area contributed by atoms with Crippen LogP contribution in [0.15, 0.2) is 18.3 Å². The summed E-state index contributed by atoms with van der Waals surface area (Å²) in [5.41, 5.74) is 0.148. The molecular weight excluding hydrogens is 206 g/mol. The maximum absolute atomic E-state index is 10.9. The van der Waals surface area contributed by atoms with Crippen molar-refractivity contribution in [3.8, 4) is 6.07 Å². The summed E-state index contributed by atoms with van der Waals surface area (Å²) in [7, 11) is 0. The number of carboxylic acid groups (broad SMARTS) is 1. The van der Waals surface area contributed by atoms with E-state index in [1.54, 1.807) is 26.0 Å². The Labute approximate surface area is 93.7 Å². The van der Waals surface area contributed by atoms with Crippen LogP contribution in [0.2, 0.25) is 0 Å². The SMILES string of the molecule is CC(C)(CNc1ccnc(C#N)c1)C(=O)O. The number of nitrogens with one attached hydrogen (secondary N) is 1. The van der Waals surface area contributed by atoms with Gasteiger partial charge in [-0.25, -0.2) is 4.98 Å². The molecule has 0 aliphatic heterocycles. The molecule has 0 saturated carbocycles. The molecule has 1 heterocycles. The Hall–Kier alpha value is -2.09. The highest BCUT2D eigenvalue weighted by Crippen LogP contribution is 2.17. The molecule has 0 aliphatic carbocycles. The van der Waals surface area contributed by atoms with E-state index in [4.69, 9.17) is 10.4 Å². The summed E-state index contributed by atoms with van der Waals surface area (Å²) < 4.78 is 0. The summed E-state index contributed by atoms with van der Waals surface area (Å²) >= 11 is 0. The number of aromatic nitrogens is 1. The van der Waals surface area contributed by atoms with Gasteiger partial charge in [0.1, 0.15) is 11.8 Å². The van der Waals surface area contributed by atoms with Crippen molar-refractivity contribution in [2.24, 2.45) is 5.41 Å². The van der Waals surface area contributed by atoms with Crippen molar-refractivity contribution in [1.29, 1.82) is 5.26 Å². The normalized spacial score (nSPS) is 10.6. The Morgan fingerprint density at radius 1 is 1.69 bits per heavy atom. The third kappa shape index (κ3) is 2.95. The quantitative estimate of drug-likeness (QED) is 0.800. The summed E-state index contributed by atoms with van der Waals surface area (Å²) in [5.74, 6) is -0.866. The molecule has 1 aromatic heterocycles. The molecule has 84 valence electrons. The Morgan fingerprint density at radius 2 is 2.38 bits per heavy atom. The monoisotopic (exact) mass is 219 g/mol. The van der Waals surface area contributed by atoms with Gasteiger partial charge in [0.2, 0.25) is 0 Å². The predicted molar refractivity (Wildman–Crippen MR) is 58.9 cm³/mol. The van der Waals surface area contributed by atoms with Crippen LogP contribution in [-0.2, 0) is 4.79 Å². The smallest absolute Gasteiger partial charge is 0.310 e. The van der Waals surface area contributed by atoms with Crippen LogP contribution in [0.5, 0.6) is 0 Å². The van der Waals surface area contributed by atoms with Crippen molar-refractivity contribution in [2.75, 3.05) is 11.9 Å². The van der Waals surface area contributed by atoms with E-state index in [0.717, 1.165) is 0 Å². The van der Waals surface area contributed by atoms with E-state index in [1.807, 2.05) is 6.07 Å². The van der Waals surface area contributed by atoms with E-state index in [-0.39, 0.29) is 6.54 Å². The van der Waals surface area contributed by atoms with E-state index in [9.17, 15) is 4.79 Å². The van der Waals surface area contributed by atoms with Crippen LogP contribution in [0.1, 0.15) is 19.5 Å². The van der Waals surface area contributed by atoms with Gasteiger partial charge in [0.15, 0.2) is 0 Å². The number of aliphatic carboxylic acids is 1. The molecule has 0 bridgehead atoms. The first kappa shape index (κ1) is 12.0. The second-order valence-electron chi connectivity index (χ2n) is 4.08. The molecule has 0 unspecified atom stereocenters.